The molecule has 0 unspecified atom stereocenters. The zero-order valence-electron chi connectivity index (χ0n) is 17.6. The van der Waals surface area contributed by atoms with E-state index < -0.39 is 32.6 Å². The molecule has 0 radical (unpaired) electrons. The summed E-state index contributed by atoms with van der Waals surface area (Å²) in [7, 11) is -3.95. The van der Waals surface area contributed by atoms with Crippen molar-refractivity contribution in [2.75, 3.05) is 11.1 Å². The van der Waals surface area contributed by atoms with Crippen LogP contribution in [0.25, 0.3) is 16.6 Å². The topological polar surface area (TPSA) is 111 Å². The Bertz CT molecular complexity index is 1440. The summed E-state index contributed by atoms with van der Waals surface area (Å²) in [6.45, 7) is 3.17. The van der Waals surface area contributed by atoms with Gasteiger partial charge in [0.05, 0.1) is 34.8 Å². The first-order valence-electron chi connectivity index (χ1n) is 10.00. The van der Waals surface area contributed by atoms with Crippen LogP contribution in [0, 0.1) is 5.41 Å². The second-order valence-corrected chi connectivity index (χ2v) is 10.4. The van der Waals surface area contributed by atoms with E-state index in [1.165, 1.54) is 19.2 Å². The van der Waals surface area contributed by atoms with Crippen LogP contribution in [0.1, 0.15) is 32.3 Å². The van der Waals surface area contributed by atoms with Crippen LogP contribution >= 0.6 is 0 Å². The smallest absolute Gasteiger partial charge is 0.324 e. The van der Waals surface area contributed by atoms with Crippen molar-refractivity contribution in [2.45, 2.75) is 37.8 Å². The Balaban J connectivity index is 1.88. The lowest BCUT2D eigenvalue weighted by molar-refractivity contribution is -0.137. The average Bonchev–Trinajstić information content (AvgIpc) is 3.52. The van der Waals surface area contributed by atoms with Crippen LogP contribution in [0.2, 0.25) is 0 Å². The number of pyridine rings is 1. The van der Waals surface area contributed by atoms with Crippen LogP contribution in [0.3, 0.4) is 0 Å². The van der Waals surface area contributed by atoms with Crippen LogP contribution in [0.5, 0.6) is 0 Å². The minimum Gasteiger partial charge on any atom is -0.324 e. The highest BCUT2D eigenvalue weighted by atomic mass is 32.2. The quantitative estimate of drug-likeness (QED) is 0.600. The van der Waals surface area contributed by atoms with Gasteiger partial charge in [0.2, 0.25) is 5.91 Å². The molecule has 33 heavy (non-hydrogen) atoms. The van der Waals surface area contributed by atoms with Gasteiger partial charge in [0, 0.05) is 10.8 Å². The fraction of sp³-hybridized carbons (Fsp3) is 0.333. The number of rotatable bonds is 5. The molecule has 1 aliphatic carbocycles. The Kier molecular flexibility index (Phi) is 5.31. The Morgan fingerprint density at radius 3 is 2.52 bits per heavy atom. The molecule has 2 heterocycles. The summed E-state index contributed by atoms with van der Waals surface area (Å²) in [6.07, 6.45) is -0.911. The van der Waals surface area contributed by atoms with Crippen molar-refractivity contribution in [3.8, 4) is 5.82 Å². The third-order valence-electron chi connectivity index (χ3n) is 5.67. The highest BCUT2D eigenvalue weighted by Crippen LogP contribution is 2.45. The second kappa shape index (κ2) is 7.65. The van der Waals surface area contributed by atoms with Gasteiger partial charge in [-0.05, 0) is 31.0 Å². The van der Waals surface area contributed by atoms with Crippen molar-refractivity contribution in [1.29, 1.82) is 0 Å². The highest BCUT2D eigenvalue weighted by Gasteiger charge is 2.45. The van der Waals surface area contributed by atoms with Crippen molar-refractivity contribution >= 4 is 32.2 Å². The molecule has 8 nitrogen and oxygen atoms in total. The third kappa shape index (κ3) is 4.22. The number of carbonyl (C=O) groups is 1. The third-order valence-corrected chi connectivity index (χ3v) is 7.40. The predicted octanol–water partition coefficient (Wildman–Crippen LogP) is 3.33. The van der Waals surface area contributed by atoms with E-state index in [0.717, 1.165) is 18.3 Å². The van der Waals surface area contributed by atoms with Crippen molar-refractivity contribution in [3.63, 3.8) is 0 Å². The van der Waals surface area contributed by atoms with E-state index in [-0.39, 0.29) is 38.8 Å². The maximum Gasteiger partial charge on any atom is 0.416 e. The molecule has 2 aromatic heterocycles. The van der Waals surface area contributed by atoms with E-state index >= 15 is 0 Å². The van der Waals surface area contributed by atoms with E-state index in [0.29, 0.717) is 23.6 Å². The molecule has 0 atom stereocenters. The first-order valence-corrected chi connectivity index (χ1v) is 11.6. The molecule has 174 valence electrons. The van der Waals surface area contributed by atoms with E-state index in [9.17, 15) is 31.2 Å². The number of hydrogen-bond donors (Lipinski definition) is 1. The molecule has 4 rings (SSSR count). The van der Waals surface area contributed by atoms with Gasteiger partial charge in [-0.1, -0.05) is 19.9 Å². The van der Waals surface area contributed by atoms with E-state index in [1.54, 1.807) is 6.92 Å². The van der Waals surface area contributed by atoms with Crippen molar-refractivity contribution in [3.05, 3.63) is 52.6 Å². The lowest BCUT2D eigenvalue weighted by atomic mass is 10.1. The number of hydrogen-bond acceptors (Lipinski definition) is 6. The molecule has 1 aliphatic rings. The van der Waals surface area contributed by atoms with Crippen LogP contribution in [0.4, 0.5) is 18.9 Å². The van der Waals surface area contributed by atoms with Gasteiger partial charge in [0.25, 0.3) is 5.56 Å². The Labute approximate surface area is 186 Å². The van der Waals surface area contributed by atoms with Gasteiger partial charge in [-0.3, -0.25) is 9.59 Å². The van der Waals surface area contributed by atoms with Crippen LogP contribution in [-0.4, -0.2) is 34.8 Å². The summed E-state index contributed by atoms with van der Waals surface area (Å²) in [5.74, 6) is -0.980. The lowest BCUT2D eigenvalue weighted by Crippen LogP contribution is -2.26. The first kappa shape index (κ1) is 22.9. The second-order valence-electron chi connectivity index (χ2n) is 8.13. The average molecular weight is 480 g/mol. The number of nitrogens with zero attached hydrogens (tertiary/aromatic N) is 3. The minimum atomic E-state index is -4.66. The number of halogens is 3. The van der Waals surface area contributed by atoms with E-state index in [1.807, 2.05) is 0 Å². The van der Waals surface area contributed by atoms with Crippen LogP contribution < -0.4 is 10.9 Å². The Morgan fingerprint density at radius 1 is 1.21 bits per heavy atom. The molecule has 3 aromatic rings. The summed E-state index contributed by atoms with van der Waals surface area (Å²) in [4.78, 5) is 29.0. The number of aromatic nitrogens is 3. The fourth-order valence-corrected chi connectivity index (χ4v) is 4.25. The molecular weight excluding hydrogens is 461 g/mol. The van der Waals surface area contributed by atoms with Gasteiger partial charge in [-0.15, -0.1) is 0 Å². The zero-order valence-corrected chi connectivity index (χ0v) is 18.4. The molecule has 0 bridgehead atoms. The van der Waals surface area contributed by atoms with Gasteiger partial charge in [-0.25, -0.2) is 13.4 Å². The first-order chi connectivity index (χ1) is 15.4. The van der Waals surface area contributed by atoms with Crippen LogP contribution in [0.15, 0.2) is 46.3 Å². The fourth-order valence-electron chi connectivity index (χ4n) is 3.21. The number of anilines is 1. The van der Waals surface area contributed by atoms with Gasteiger partial charge in [0.1, 0.15) is 4.90 Å². The molecule has 1 saturated carbocycles. The normalized spacial score (nSPS) is 15.4. The highest BCUT2D eigenvalue weighted by molar-refractivity contribution is 7.91. The van der Waals surface area contributed by atoms with E-state index in [2.05, 4.69) is 15.4 Å². The number of benzene rings is 1. The Hall–Kier alpha value is -3.28. The molecule has 12 heteroatoms. The molecule has 1 amide bonds. The maximum atomic E-state index is 13.1. The van der Waals surface area contributed by atoms with Gasteiger partial charge < -0.3 is 5.32 Å². The molecular formula is C21H19F3N4O4S. The number of sulfone groups is 1. The van der Waals surface area contributed by atoms with Crippen molar-refractivity contribution in [2.24, 2.45) is 5.41 Å². The Morgan fingerprint density at radius 2 is 1.91 bits per heavy atom. The summed E-state index contributed by atoms with van der Waals surface area (Å²) >= 11 is 0. The molecule has 0 aliphatic heterocycles. The van der Waals surface area contributed by atoms with Gasteiger partial charge in [0.15, 0.2) is 15.7 Å². The molecule has 1 N–H and O–H groups in total. The molecule has 0 saturated heterocycles. The molecule has 1 aromatic carbocycles. The summed E-state index contributed by atoms with van der Waals surface area (Å²) in [6, 6.07) is 3.81. The maximum absolute atomic E-state index is 13.1. The number of fused-ring (bicyclic) bond motifs is 1. The minimum absolute atomic E-state index is 0.122. The monoisotopic (exact) mass is 480 g/mol. The summed E-state index contributed by atoms with van der Waals surface area (Å²) in [5, 5.41) is 6.42. The number of amides is 1. The van der Waals surface area contributed by atoms with E-state index in [4.69, 9.17) is 0 Å². The van der Waals surface area contributed by atoms with Crippen LogP contribution in [-0.2, 0) is 20.8 Å². The molecule has 0 spiro atoms. The lowest BCUT2D eigenvalue weighted by Gasteiger charge is -2.14. The van der Waals surface area contributed by atoms with Gasteiger partial charge in [-0.2, -0.15) is 23.0 Å². The van der Waals surface area contributed by atoms with Crippen molar-refractivity contribution in [1.82, 2.24) is 14.8 Å². The zero-order chi connectivity index (χ0) is 24.2. The number of carbonyl (C=O) groups excluding carboxylic acids is 1. The molecule has 1 fully saturated rings. The summed E-state index contributed by atoms with van der Waals surface area (Å²) in [5.41, 5.74) is -2.38. The SMILES string of the molecule is CCS(=O)(=O)c1cc(NC(=O)C2(C)CC2)cnc1-n1ncc2ccc(C(F)(F)F)cc2c1=O. The predicted molar refractivity (Wildman–Crippen MR) is 114 cm³/mol. The standard InChI is InChI=1S/C21H19F3N4O4S/c1-3-33(31,32)16-9-14(27-19(30)20(2)6-7-20)11-25-17(16)28-18(29)15-8-13(21(22,23)24)5-4-12(15)10-26-28/h4-5,8-11H,3,6-7H2,1-2H3,(H,27,30). The number of alkyl halides is 3. The van der Waals surface area contributed by atoms with Crippen molar-refractivity contribution < 1.29 is 26.4 Å². The van der Waals surface area contributed by atoms with Gasteiger partial charge >= 0.3 is 6.18 Å². The number of nitrogens with one attached hydrogen (secondary N) is 1. The largest absolute Gasteiger partial charge is 0.416 e. The summed E-state index contributed by atoms with van der Waals surface area (Å²) < 4.78 is 65.5.